The highest BCUT2D eigenvalue weighted by molar-refractivity contribution is 9.10. The third-order valence-electron chi connectivity index (χ3n) is 2.01. The molecule has 0 aliphatic rings. The average molecular weight is 287 g/mol. The number of nitrogens with one attached hydrogen (secondary N) is 1. The van der Waals surface area contributed by atoms with Crippen LogP contribution in [0.3, 0.4) is 0 Å². The lowest BCUT2D eigenvalue weighted by Gasteiger charge is -1.96. The summed E-state index contributed by atoms with van der Waals surface area (Å²) in [6.45, 7) is 2.01. The minimum atomic E-state index is -0.475. The molecule has 2 aromatic heterocycles. The molecule has 0 unspecified atom stereocenters. The third kappa shape index (κ3) is 1.92. The fourth-order valence-corrected chi connectivity index (χ4v) is 1.62. The zero-order valence-electron chi connectivity index (χ0n) is 8.38. The maximum absolute atomic E-state index is 13.2. The van der Waals surface area contributed by atoms with Crippen molar-refractivity contribution in [3.05, 3.63) is 28.2 Å². The Bertz CT molecular complexity index is 514. The van der Waals surface area contributed by atoms with Gasteiger partial charge in [-0.2, -0.15) is 0 Å². The van der Waals surface area contributed by atoms with Crippen LogP contribution >= 0.6 is 15.9 Å². The molecule has 1 N–H and O–H groups in total. The van der Waals surface area contributed by atoms with Crippen LogP contribution in [0.5, 0.6) is 0 Å². The third-order valence-corrected chi connectivity index (χ3v) is 2.57. The van der Waals surface area contributed by atoms with E-state index in [1.54, 1.807) is 6.92 Å². The summed E-state index contributed by atoms with van der Waals surface area (Å²) in [4.78, 5) is 18.1. The number of rotatable bonds is 2. The van der Waals surface area contributed by atoms with Gasteiger partial charge < -0.3 is 9.72 Å². The fraction of sp³-hybridized carbons (Fsp3) is 0.200. The Kier molecular flexibility index (Phi) is 2.91. The van der Waals surface area contributed by atoms with Crippen molar-refractivity contribution in [1.82, 2.24) is 9.97 Å². The number of carbonyl (C=O) groups is 1. The van der Waals surface area contributed by atoms with Gasteiger partial charge in [-0.15, -0.1) is 0 Å². The molecule has 0 atom stereocenters. The van der Waals surface area contributed by atoms with E-state index in [-0.39, 0.29) is 10.3 Å². The summed E-state index contributed by atoms with van der Waals surface area (Å²) in [5.41, 5.74) is 0.707. The van der Waals surface area contributed by atoms with E-state index in [1.165, 1.54) is 12.1 Å². The Morgan fingerprint density at radius 2 is 2.38 bits per heavy atom. The largest absolute Gasteiger partial charge is 0.461 e. The lowest BCUT2D eigenvalue weighted by Crippen LogP contribution is -2.04. The summed E-state index contributed by atoms with van der Waals surface area (Å²) in [6.07, 6.45) is 0. The van der Waals surface area contributed by atoms with Gasteiger partial charge in [0.1, 0.15) is 15.9 Å². The number of ether oxygens (including phenoxy) is 1. The number of aromatic nitrogens is 2. The zero-order valence-corrected chi connectivity index (χ0v) is 9.97. The first-order valence-electron chi connectivity index (χ1n) is 4.63. The number of H-pyrrole nitrogens is 1. The number of hydrogen-bond acceptors (Lipinski definition) is 3. The minimum Gasteiger partial charge on any atom is -0.461 e. The van der Waals surface area contributed by atoms with Gasteiger partial charge >= 0.3 is 5.97 Å². The maximum atomic E-state index is 13.2. The normalized spacial score (nSPS) is 10.7. The molecule has 16 heavy (non-hydrogen) atoms. The van der Waals surface area contributed by atoms with E-state index in [0.29, 0.717) is 17.6 Å². The van der Waals surface area contributed by atoms with E-state index in [1.807, 2.05) is 0 Å². The van der Waals surface area contributed by atoms with Crippen LogP contribution in [0.1, 0.15) is 17.4 Å². The molecule has 6 heteroatoms. The van der Waals surface area contributed by atoms with Crippen molar-refractivity contribution in [1.29, 1.82) is 0 Å². The number of pyridine rings is 1. The first-order chi connectivity index (χ1) is 7.61. The van der Waals surface area contributed by atoms with Gasteiger partial charge in [0.25, 0.3) is 0 Å². The molecule has 0 amide bonds. The second-order valence-corrected chi connectivity index (χ2v) is 3.85. The number of hydrogen-bond donors (Lipinski definition) is 1. The van der Waals surface area contributed by atoms with Crippen molar-refractivity contribution >= 4 is 32.9 Å². The van der Waals surface area contributed by atoms with Gasteiger partial charge in [-0.1, -0.05) is 0 Å². The van der Waals surface area contributed by atoms with Gasteiger partial charge in [-0.3, -0.25) is 0 Å². The smallest absolute Gasteiger partial charge is 0.354 e. The van der Waals surface area contributed by atoms with E-state index < -0.39 is 11.8 Å². The van der Waals surface area contributed by atoms with E-state index in [2.05, 4.69) is 25.9 Å². The Morgan fingerprint density at radius 1 is 1.62 bits per heavy atom. The van der Waals surface area contributed by atoms with Crippen LogP contribution in [0.25, 0.3) is 11.0 Å². The molecule has 0 fully saturated rings. The van der Waals surface area contributed by atoms with E-state index in [9.17, 15) is 9.18 Å². The molecular formula is C10H8BrFN2O2. The fourth-order valence-electron chi connectivity index (χ4n) is 1.33. The van der Waals surface area contributed by atoms with E-state index in [0.717, 1.165) is 0 Å². The second-order valence-electron chi connectivity index (χ2n) is 3.10. The lowest BCUT2D eigenvalue weighted by atomic mass is 10.3. The summed E-state index contributed by atoms with van der Waals surface area (Å²) in [5, 5.41) is 0.531. The van der Waals surface area contributed by atoms with Crippen molar-refractivity contribution in [3.63, 3.8) is 0 Å². The summed E-state index contributed by atoms with van der Waals surface area (Å²) < 4.78 is 18.1. The quantitative estimate of drug-likeness (QED) is 0.682. The van der Waals surface area contributed by atoms with Crippen molar-refractivity contribution in [3.8, 4) is 0 Å². The predicted molar refractivity (Wildman–Crippen MR) is 59.7 cm³/mol. The van der Waals surface area contributed by atoms with E-state index >= 15 is 0 Å². The number of aromatic amines is 1. The number of fused-ring (bicyclic) bond motifs is 1. The van der Waals surface area contributed by atoms with E-state index in [4.69, 9.17) is 4.74 Å². The maximum Gasteiger partial charge on any atom is 0.354 e. The lowest BCUT2D eigenvalue weighted by molar-refractivity contribution is 0.0520. The van der Waals surface area contributed by atoms with Crippen LogP contribution in [-0.2, 0) is 4.74 Å². The van der Waals surface area contributed by atoms with Crippen LogP contribution in [0, 0.1) is 5.82 Å². The Labute approximate surface area is 98.9 Å². The minimum absolute atomic E-state index is 0.109. The van der Waals surface area contributed by atoms with Crippen LogP contribution < -0.4 is 0 Å². The van der Waals surface area contributed by atoms with Crippen LogP contribution in [0.15, 0.2) is 16.7 Å². The SMILES string of the molecule is CCOC(=O)c1cc2cc(F)c(Br)nc2[nH]1. The van der Waals surface area contributed by atoms with Gasteiger partial charge in [-0.05, 0) is 35.0 Å². The highest BCUT2D eigenvalue weighted by Crippen LogP contribution is 2.20. The number of esters is 1. The van der Waals surface area contributed by atoms with Gasteiger partial charge in [-0.25, -0.2) is 14.2 Å². The molecule has 0 aliphatic carbocycles. The van der Waals surface area contributed by atoms with Crippen LogP contribution in [-0.4, -0.2) is 22.5 Å². The van der Waals surface area contributed by atoms with Gasteiger partial charge in [0.15, 0.2) is 5.82 Å². The monoisotopic (exact) mass is 286 g/mol. The molecular weight excluding hydrogens is 279 g/mol. The van der Waals surface area contributed by atoms with Crippen LogP contribution in [0.4, 0.5) is 4.39 Å². The highest BCUT2D eigenvalue weighted by atomic mass is 79.9. The molecule has 0 saturated carbocycles. The standard InChI is InChI=1S/C10H8BrFN2O2/c1-2-16-10(15)7-4-5-3-6(12)8(11)14-9(5)13-7/h3-4H,2H2,1H3,(H,13,14). The molecule has 2 aromatic rings. The number of halogens is 2. The second kappa shape index (κ2) is 4.21. The summed E-state index contributed by atoms with van der Waals surface area (Å²) in [6, 6.07) is 2.81. The van der Waals surface area contributed by atoms with Crippen molar-refractivity contribution < 1.29 is 13.9 Å². The molecule has 2 rings (SSSR count). The topological polar surface area (TPSA) is 55.0 Å². The predicted octanol–water partition coefficient (Wildman–Crippen LogP) is 2.64. The molecule has 0 bridgehead atoms. The highest BCUT2D eigenvalue weighted by Gasteiger charge is 2.12. The summed E-state index contributed by atoms with van der Waals surface area (Å²) >= 11 is 2.97. The van der Waals surface area contributed by atoms with Crippen molar-refractivity contribution in [2.75, 3.05) is 6.61 Å². The van der Waals surface area contributed by atoms with Crippen molar-refractivity contribution in [2.24, 2.45) is 0 Å². The molecule has 4 nitrogen and oxygen atoms in total. The molecule has 0 spiro atoms. The Morgan fingerprint density at radius 3 is 3.06 bits per heavy atom. The molecule has 84 valence electrons. The first kappa shape index (κ1) is 11.1. The van der Waals surface area contributed by atoms with Gasteiger partial charge in [0.05, 0.1) is 6.61 Å². The zero-order chi connectivity index (χ0) is 11.7. The number of carbonyl (C=O) groups excluding carboxylic acids is 1. The first-order valence-corrected chi connectivity index (χ1v) is 5.43. The molecule has 0 aliphatic heterocycles. The summed E-state index contributed by atoms with van der Waals surface area (Å²) in [7, 11) is 0. The summed E-state index contributed by atoms with van der Waals surface area (Å²) in [5.74, 6) is -0.945. The molecule has 0 saturated heterocycles. The Balaban J connectivity index is 2.48. The van der Waals surface area contributed by atoms with Gasteiger partial charge in [0.2, 0.25) is 0 Å². The molecule has 0 aromatic carbocycles. The number of nitrogens with zero attached hydrogens (tertiary/aromatic N) is 1. The Hall–Kier alpha value is -1.43. The molecule has 0 radical (unpaired) electrons. The van der Waals surface area contributed by atoms with Crippen molar-refractivity contribution in [2.45, 2.75) is 6.92 Å². The molecule has 2 heterocycles. The van der Waals surface area contributed by atoms with Crippen LogP contribution in [0.2, 0.25) is 0 Å². The van der Waals surface area contributed by atoms with Gasteiger partial charge in [0, 0.05) is 5.39 Å². The average Bonchev–Trinajstić information content (AvgIpc) is 2.62.